The van der Waals surface area contributed by atoms with Crippen LogP contribution in [0.25, 0.3) is 10.9 Å². The van der Waals surface area contributed by atoms with Gasteiger partial charge in [-0.25, -0.2) is 4.79 Å². The van der Waals surface area contributed by atoms with E-state index in [-0.39, 0.29) is 10.5 Å². The SMILES string of the molecule is COC(=O)c1cccc2c1cnn2S(=O)(=O)c1ccccc1. The van der Waals surface area contributed by atoms with Crippen LogP contribution in [0.3, 0.4) is 0 Å². The second-order valence-electron chi connectivity index (χ2n) is 4.54. The summed E-state index contributed by atoms with van der Waals surface area (Å²) in [6.45, 7) is 0. The number of fused-ring (bicyclic) bond motifs is 1. The molecule has 1 aromatic heterocycles. The fourth-order valence-electron chi connectivity index (χ4n) is 2.20. The summed E-state index contributed by atoms with van der Waals surface area (Å²) >= 11 is 0. The van der Waals surface area contributed by atoms with Gasteiger partial charge in [-0.05, 0) is 24.3 Å². The summed E-state index contributed by atoms with van der Waals surface area (Å²) in [6.07, 6.45) is 1.35. The van der Waals surface area contributed by atoms with Gasteiger partial charge in [0.15, 0.2) is 0 Å². The second kappa shape index (κ2) is 5.27. The largest absolute Gasteiger partial charge is 0.465 e. The zero-order chi connectivity index (χ0) is 15.7. The van der Waals surface area contributed by atoms with Crippen LogP contribution in [0.4, 0.5) is 0 Å². The Morgan fingerprint density at radius 3 is 2.50 bits per heavy atom. The van der Waals surface area contributed by atoms with Gasteiger partial charge in [0.25, 0.3) is 10.0 Å². The molecule has 0 atom stereocenters. The van der Waals surface area contributed by atoms with Crippen molar-refractivity contribution in [3.63, 3.8) is 0 Å². The minimum Gasteiger partial charge on any atom is -0.465 e. The molecular formula is C15H12N2O4S. The summed E-state index contributed by atoms with van der Waals surface area (Å²) in [5.41, 5.74) is 0.598. The summed E-state index contributed by atoms with van der Waals surface area (Å²) in [7, 11) is -2.55. The Balaban J connectivity index is 2.24. The number of methoxy groups -OCH3 is 1. The first-order valence-electron chi connectivity index (χ1n) is 6.41. The Kier molecular flexibility index (Phi) is 3.42. The number of benzene rings is 2. The van der Waals surface area contributed by atoms with Gasteiger partial charge in [0.1, 0.15) is 0 Å². The molecule has 0 aliphatic rings. The van der Waals surface area contributed by atoms with Crippen molar-refractivity contribution in [3.8, 4) is 0 Å². The van der Waals surface area contributed by atoms with Crippen LogP contribution in [-0.4, -0.2) is 30.7 Å². The lowest BCUT2D eigenvalue weighted by atomic mass is 10.1. The molecule has 3 aromatic rings. The minimum atomic E-state index is -3.82. The summed E-state index contributed by atoms with van der Waals surface area (Å²) in [6, 6.07) is 12.7. The third kappa shape index (κ3) is 2.15. The molecule has 0 bridgehead atoms. The molecule has 22 heavy (non-hydrogen) atoms. The topological polar surface area (TPSA) is 78.3 Å². The molecule has 1 heterocycles. The van der Waals surface area contributed by atoms with Gasteiger partial charge in [0.2, 0.25) is 0 Å². The molecule has 0 amide bonds. The zero-order valence-corrected chi connectivity index (χ0v) is 12.4. The molecule has 0 saturated carbocycles. The first-order valence-corrected chi connectivity index (χ1v) is 7.85. The Morgan fingerprint density at radius 2 is 1.82 bits per heavy atom. The smallest absolute Gasteiger partial charge is 0.338 e. The molecule has 0 N–H and O–H groups in total. The molecule has 6 nitrogen and oxygen atoms in total. The van der Waals surface area contributed by atoms with Crippen LogP contribution in [0.2, 0.25) is 0 Å². The number of hydrogen-bond donors (Lipinski definition) is 0. The van der Waals surface area contributed by atoms with Crippen molar-refractivity contribution < 1.29 is 17.9 Å². The predicted octanol–water partition coefficient (Wildman–Crippen LogP) is 2.06. The molecule has 0 spiro atoms. The van der Waals surface area contributed by atoms with Gasteiger partial charge in [0.05, 0.1) is 29.3 Å². The average Bonchev–Trinajstić information content (AvgIpc) is 2.99. The number of carbonyl (C=O) groups is 1. The molecule has 7 heteroatoms. The normalized spacial score (nSPS) is 11.5. The molecule has 2 aromatic carbocycles. The van der Waals surface area contributed by atoms with Crippen molar-refractivity contribution in [3.05, 3.63) is 60.3 Å². The van der Waals surface area contributed by atoms with E-state index in [1.165, 1.54) is 25.4 Å². The Labute approximate surface area is 127 Å². The first kappa shape index (κ1) is 14.3. The molecule has 0 fully saturated rings. The predicted molar refractivity (Wildman–Crippen MR) is 80.1 cm³/mol. The van der Waals surface area contributed by atoms with Gasteiger partial charge in [-0.2, -0.15) is 17.6 Å². The van der Waals surface area contributed by atoms with E-state index in [0.29, 0.717) is 10.9 Å². The number of rotatable bonds is 3. The first-order chi connectivity index (χ1) is 10.6. The van der Waals surface area contributed by atoms with E-state index in [0.717, 1.165) is 4.09 Å². The third-order valence-corrected chi connectivity index (χ3v) is 4.87. The quantitative estimate of drug-likeness (QED) is 0.691. The molecule has 3 rings (SSSR count). The van der Waals surface area contributed by atoms with Crippen LogP contribution in [0.5, 0.6) is 0 Å². The fraction of sp³-hybridized carbons (Fsp3) is 0.0667. The van der Waals surface area contributed by atoms with Crippen LogP contribution in [-0.2, 0) is 14.8 Å². The van der Waals surface area contributed by atoms with Gasteiger partial charge in [-0.3, -0.25) is 0 Å². The molecule has 0 aliphatic heterocycles. The van der Waals surface area contributed by atoms with E-state index in [1.807, 2.05) is 0 Å². The maximum Gasteiger partial charge on any atom is 0.338 e. The number of ether oxygens (including phenoxy) is 1. The van der Waals surface area contributed by atoms with Gasteiger partial charge in [0, 0.05) is 5.39 Å². The van der Waals surface area contributed by atoms with Gasteiger partial charge in [-0.1, -0.05) is 24.3 Å². The standard InChI is InChI=1S/C15H12N2O4S/c1-21-15(18)12-8-5-9-14-13(12)10-16-17(14)22(19,20)11-6-3-2-4-7-11/h2-10H,1H3. The van der Waals surface area contributed by atoms with Gasteiger partial charge >= 0.3 is 5.97 Å². The number of nitrogens with zero attached hydrogens (tertiary/aromatic N) is 2. The van der Waals surface area contributed by atoms with E-state index in [4.69, 9.17) is 4.74 Å². The summed E-state index contributed by atoms with van der Waals surface area (Å²) < 4.78 is 30.9. The number of esters is 1. The molecular weight excluding hydrogens is 304 g/mol. The highest BCUT2D eigenvalue weighted by molar-refractivity contribution is 7.90. The average molecular weight is 316 g/mol. The molecule has 112 valence electrons. The third-order valence-electron chi connectivity index (χ3n) is 3.25. The number of aromatic nitrogens is 2. The van der Waals surface area contributed by atoms with Crippen LogP contribution in [0, 0.1) is 0 Å². The second-order valence-corrected chi connectivity index (χ2v) is 6.30. The highest BCUT2D eigenvalue weighted by Crippen LogP contribution is 2.23. The summed E-state index contributed by atoms with van der Waals surface area (Å²) in [4.78, 5) is 11.9. The maximum atomic E-state index is 12.6. The molecule has 0 saturated heterocycles. The van der Waals surface area contributed by atoms with Crippen molar-refractivity contribution in [1.82, 2.24) is 9.19 Å². The molecule has 0 aliphatic carbocycles. The Morgan fingerprint density at radius 1 is 1.09 bits per heavy atom. The highest BCUT2D eigenvalue weighted by atomic mass is 32.2. The van der Waals surface area contributed by atoms with E-state index >= 15 is 0 Å². The van der Waals surface area contributed by atoms with Gasteiger partial charge < -0.3 is 4.74 Å². The van der Waals surface area contributed by atoms with Crippen molar-refractivity contribution in [2.24, 2.45) is 0 Å². The molecule has 0 radical (unpaired) electrons. The van der Waals surface area contributed by atoms with E-state index < -0.39 is 16.0 Å². The fourth-order valence-corrected chi connectivity index (χ4v) is 3.49. The Hall–Kier alpha value is -2.67. The maximum absolute atomic E-state index is 12.6. The van der Waals surface area contributed by atoms with Crippen LogP contribution >= 0.6 is 0 Å². The monoisotopic (exact) mass is 316 g/mol. The zero-order valence-electron chi connectivity index (χ0n) is 11.6. The minimum absolute atomic E-state index is 0.128. The molecule has 0 unspecified atom stereocenters. The van der Waals surface area contributed by atoms with Crippen LogP contribution in [0.1, 0.15) is 10.4 Å². The number of carbonyl (C=O) groups excluding carboxylic acids is 1. The van der Waals surface area contributed by atoms with Crippen molar-refractivity contribution >= 4 is 26.9 Å². The Bertz CT molecular complexity index is 946. The van der Waals surface area contributed by atoms with Crippen molar-refractivity contribution in [1.29, 1.82) is 0 Å². The number of hydrogen-bond acceptors (Lipinski definition) is 5. The summed E-state index contributed by atoms with van der Waals surface area (Å²) in [5.74, 6) is -0.540. The van der Waals surface area contributed by atoms with Crippen LogP contribution in [0.15, 0.2) is 59.6 Å². The van der Waals surface area contributed by atoms with Crippen molar-refractivity contribution in [2.45, 2.75) is 4.90 Å². The van der Waals surface area contributed by atoms with Crippen molar-refractivity contribution in [2.75, 3.05) is 7.11 Å². The van der Waals surface area contributed by atoms with E-state index in [2.05, 4.69) is 5.10 Å². The summed E-state index contributed by atoms with van der Waals surface area (Å²) in [5, 5.41) is 4.37. The lowest BCUT2D eigenvalue weighted by Crippen LogP contribution is -2.14. The lowest BCUT2D eigenvalue weighted by Gasteiger charge is -2.06. The van der Waals surface area contributed by atoms with E-state index in [1.54, 1.807) is 36.4 Å². The van der Waals surface area contributed by atoms with Gasteiger partial charge in [-0.15, -0.1) is 0 Å². The highest BCUT2D eigenvalue weighted by Gasteiger charge is 2.22. The lowest BCUT2D eigenvalue weighted by molar-refractivity contribution is 0.0603. The van der Waals surface area contributed by atoms with Crippen LogP contribution < -0.4 is 0 Å². The van der Waals surface area contributed by atoms with E-state index in [9.17, 15) is 13.2 Å².